The summed E-state index contributed by atoms with van der Waals surface area (Å²) in [6.07, 6.45) is 2.26. The molecule has 1 unspecified atom stereocenters. The van der Waals surface area contributed by atoms with Gasteiger partial charge in [-0.2, -0.15) is 5.26 Å². The maximum atomic E-state index is 9.18. The predicted octanol–water partition coefficient (Wildman–Crippen LogP) is 2.66. The van der Waals surface area contributed by atoms with E-state index in [9.17, 15) is 5.26 Å². The molecule has 1 fully saturated rings. The fourth-order valence-electron chi connectivity index (χ4n) is 2.27. The molecule has 0 N–H and O–H groups in total. The van der Waals surface area contributed by atoms with Gasteiger partial charge in [0, 0.05) is 18.1 Å². The minimum absolute atomic E-state index is 0.152. The smallest absolute Gasteiger partial charge is 0.215 e. The van der Waals surface area contributed by atoms with Crippen LogP contribution in [0.4, 0.5) is 0 Å². The van der Waals surface area contributed by atoms with E-state index in [0.717, 1.165) is 30.4 Å². The van der Waals surface area contributed by atoms with Crippen molar-refractivity contribution in [2.75, 3.05) is 13.2 Å². The number of nitrogens with zero attached hydrogens (tertiary/aromatic N) is 2. The van der Waals surface area contributed by atoms with Gasteiger partial charge in [0.2, 0.25) is 5.88 Å². The predicted molar refractivity (Wildman–Crippen MR) is 70.9 cm³/mol. The molecule has 1 aromatic heterocycles. The Balaban J connectivity index is 1.85. The Bertz CT molecular complexity index is 628. The summed E-state index contributed by atoms with van der Waals surface area (Å²) in [7, 11) is 0. The average Bonchev–Trinajstić information content (AvgIpc) is 2.97. The van der Waals surface area contributed by atoms with E-state index in [-0.39, 0.29) is 6.10 Å². The first kappa shape index (κ1) is 11.9. The molecule has 0 aliphatic carbocycles. The molecule has 19 heavy (non-hydrogen) atoms. The molecule has 0 amide bonds. The maximum absolute atomic E-state index is 9.18. The molecule has 0 radical (unpaired) electrons. The standard InChI is InChI=1S/C15H14N2O2/c16-9-11-8-15(19-10-12-4-3-7-18-12)17-14-6-2-1-5-13(11)14/h1-2,5-6,8,12H,3-4,7,10H2. The van der Waals surface area contributed by atoms with Crippen molar-refractivity contribution in [3.63, 3.8) is 0 Å². The Kier molecular flexibility index (Phi) is 3.30. The first-order valence-corrected chi connectivity index (χ1v) is 6.41. The highest BCUT2D eigenvalue weighted by Gasteiger charge is 2.16. The number of nitriles is 1. The van der Waals surface area contributed by atoms with Crippen LogP contribution in [-0.2, 0) is 4.74 Å². The Morgan fingerprint density at radius 3 is 3.11 bits per heavy atom. The Morgan fingerprint density at radius 2 is 2.32 bits per heavy atom. The first-order chi connectivity index (χ1) is 9.36. The summed E-state index contributed by atoms with van der Waals surface area (Å²) in [5, 5.41) is 10.0. The third-order valence-electron chi connectivity index (χ3n) is 3.25. The van der Waals surface area contributed by atoms with Crippen molar-refractivity contribution < 1.29 is 9.47 Å². The zero-order valence-corrected chi connectivity index (χ0v) is 10.5. The van der Waals surface area contributed by atoms with Gasteiger partial charge in [0.15, 0.2) is 0 Å². The van der Waals surface area contributed by atoms with Gasteiger partial charge in [0.05, 0.1) is 17.2 Å². The lowest BCUT2D eigenvalue weighted by atomic mass is 10.1. The number of fused-ring (bicyclic) bond motifs is 1. The van der Waals surface area contributed by atoms with Gasteiger partial charge in [-0.1, -0.05) is 18.2 Å². The van der Waals surface area contributed by atoms with E-state index in [0.29, 0.717) is 18.1 Å². The van der Waals surface area contributed by atoms with Crippen molar-refractivity contribution >= 4 is 10.9 Å². The molecule has 96 valence electrons. The second-order valence-corrected chi connectivity index (χ2v) is 4.58. The molecule has 0 saturated carbocycles. The van der Waals surface area contributed by atoms with E-state index in [2.05, 4.69) is 11.1 Å². The van der Waals surface area contributed by atoms with E-state index in [4.69, 9.17) is 9.47 Å². The molecule has 1 atom stereocenters. The third kappa shape index (κ3) is 2.51. The molecule has 1 saturated heterocycles. The Morgan fingerprint density at radius 1 is 1.42 bits per heavy atom. The second-order valence-electron chi connectivity index (χ2n) is 4.58. The summed E-state index contributed by atoms with van der Waals surface area (Å²) < 4.78 is 11.2. The topological polar surface area (TPSA) is 55.1 Å². The van der Waals surface area contributed by atoms with Crippen molar-refractivity contribution in [3.8, 4) is 11.9 Å². The molecule has 1 aromatic carbocycles. The quantitative estimate of drug-likeness (QED) is 0.845. The largest absolute Gasteiger partial charge is 0.475 e. The van der Waals surface area contributed by atoms with Crippen LogP contribution >= 0.6 is 0 Å². The summed E-state index contributed by atoms with van der Waals surface area (Å²) in [6.45, 7) is 1.30. The van der Waals surface area contributed by atoms with Crippen LogP contribution in [0.15, 0.2) is 30.3 Å². The van der Waals surface area contributed by atoms with Gasteiger partial charge in [0.25, 0.3) is 0 Å². The number of hydrogen-bond acceptors (Lipinski definition) is 4. The molecule has 0 bridgehead atoms. The lowest BCUT2D eigenvalue weighted by molar-refractivity contribution is 0.0664. The number of rotatable bonds is 3. The van der Waals surface area contributed by atoms with Crippen LogP contribution in [0, 0.1) is 11.3 Å². The van der Waals surface area contributed by atoms with Crippen molar-refractivity contribution in [1.82, 2.24) is 4.98 Å². The van der Waals surface area contributed by atoms with E-state index >= 15 is 0 Å². The summed E-state index contributed by atoms with van der Waals surface area (Å²) in [4.78, 5) is 4.42. The lowest BCUT2D eigenvalue weighted by Crippen LogP contribution is -2.16. The SMILES string of the molecule is N#Cc1cc(OCC2CCCO2)nc2ccccc12. The first-order valence-electron chi connectivity index (χ1n) is 6.41. The van der Waals surface area contributed by atoms with Crippen LogP contribution in [0.2, 0.25) is 0 Å². The monoisotopic (exact) mass is 254 g/mol. The zero-order chi connectivity index (χ0) is 13.1. The summed E-state index contributed by atoms with van der Waals surface area (Å²) in [5.74, 6) is 0.491. The van der Waals surface area contributed by atoms with Crippen LogP contribution in [0.5, 0.6) is 5.88 Å². The van der Waals surface area contributed by atoms with Crippen molar-refractivity contribution in [1.29, 1.82) is 5.26 Å². The molecule has 4 nitrogen and oxygen atoms in total. The highest BCUT2D eigenvalue weighted by atomic mass is 16.5. The van der Waals surface area contributed by atoms with E-state index < -0.39 is 0 Å². The number of pyridine rings is 1. The number of para-hydroxylation sites is 1. The van der Waals surface area contributed by atoms with Crippen LogP contribution in [-0.4, -0.2) is 24.3 Å². The van der Waals surface area contributed by atoms with Crippen molar-refractivity contribution in [2.24, 2.45) is 0 Å². The van der Waals surface area contributed by atoms with Crippen LogP contribution < -0.4 is 4.74 Å². The van der Waals surface area contributed by atoms with Gasteiger partial charge in [-0.25, -0.2) is 4.98 Å². The molecule has 2 heterocycles. The highest BCUT2D eigenvalue weighted by molar-refractivity contribution is 5.85. The lowest BCUT2D eigenvalue weighted by Gasteiger charge is -2.11. The summed E-state index contributed by atoms with van der Waals surface area (Å²) in [6, 6.07) is 11.5. The maximum Gasteiger partial charge on any atom is 0.215 e. The highest BCUT2D eigenvalue weighted by Crippen LogP contribution is 2.22. The summed E-state index contributed by atoms with van der Waals surface area (Å²) in [5.41, 5.74) is 1.37. The van der Waals surface area contributed by atoms with Gasteiger partial charge in [-0.3, -0.25) is 0 Å². The van der Waals surface area contributed by atoms with E-state index in [1.54, 1.807) is 6.07 Å². The van der Waals surface area contributed by atoms with Crippen LogP contribution in [0.25, 0.3) is 10.9 Å². The van der Waals surface area contributed by atoms with E-state index in [1.165, 1.54) is 0 Å². The molecular weight excluding hydrogens is 240 g/mol. The molecule has 1 aliphatic heterocycles. The van der Waals surface area contributed by atoms with Gasteiger partial charge >= 0.3 is 0 Å². The number of aromatic nitrogens is 1. The number of hydrogen-bond donors (Lipinski definition) is 0. The zero-order valence-electron chi connectivity index (χ0n) is 10.5. The molecule has 3 rings (SSSR count). The second kappa shape index (κ2) is 5.25. The number of benzene rings is 1. The Hall–Kier alpha value is -2.12. The van der Waals surface area contributed by atoms with Gasteiger partial charge < -0.3 is 9.47 Å². The van der Waals surface area contributed by atoms with Crippen LogP contribution in [0.1, 0.15) is 18.4 Å². The molecule has 4 heteroatoms. The van der Waals surface area contributed by atoms with E-state index in [1.807, 2.05) is 24.3 Å². The van der Waals surface area contributed by atoms with Gasteiger partial charge in [-0.05, 0) is 18.9 Å². The molecule has 2 aromatic rings. The third-order valence-corrected chi connectivity index (χ3v) is 3.25. The normalized spacial score (nSPS) is 18.4. The summed E-state index contributed by atoms with van der Waals surface area (Å²) >= 11 is 0. The molecule has 0 spiro atoms. The van der Waals surface area contributed by atoms with Crippen LogP contribution in [0.3, 0.4) is 0 Å². The fourth-order valence-corrected chi connectivity index (χ4v) is 2.27. The van der Waals surface area contributed by atoms with Crippen molar-refractivity contribution in [3.05, 3.63) is 35.9 Å². The molecule has 1 aliphatic rings. The average molecular weight is 254 g/mol. The molecular formula is C15H14N2O2. The minimum Gasteiger partial charge on any atom is -0.475 e. The fraction of sp³-hybridized carbons (Fsp3) is 0.333. The van der Waals surface area contributed by atoms with Gasteiger partial charge in [0.1, 0.15) is 12.7 Å². The van der Waals surface area contributed by atoms with Gasteiger partial charge in [-0.15, -0.1) is 0 Å². The number of ether oxygens (including phenoxy) is 2. The minimum atomic E-state index is 0.152. The Labute approximate surface area is 111 Å². The van der Waals surface area contributed by atoms with Crippen molar-refractivity contribution in [2.45, 2.75) is 18.9 Å².